The minimum atomic E-state index is -0.180. The van der Waals surface area contributed by atoms with Gasteiger partial charge in [0.2, 0.25) is 0 Å². The molecule has 19 heavy (non-hydrogen) atoms. The Kier molecular flexibility index (Phi) is 4.06. The van der Waals surface area contributed by atoms with Crippen molar-refractivity contribution in [3.05, 3.63) is 51.5 Å². The highest BCUT2D eigenvalue weighted by Crippen LogP contribution is 2.16. The number of pyridine rings is 1. The van der Waals surface area contributed by atoms with Crippen LogP contribution >= 0.6 is 11.3 Å². The molecule has 98 valence electrons. The lowest BCUT2D eigenvalue weighted by Gasteiger charge is -2.03. The molecule has 0 bridgehead atoms. The maximum absolute atomic E-state index is 11.9. The topological polar surface area (TPSA) is 59.1 Å². The summed E-state index contributed by atoms with van der Waals surface area (Å²) in [5.74, 6) is -0.204. The number of hydrogen-bond acceptors (Lipinski definition) is 4. The van der Waals surface area contributed by atoms with Crippen molar-refractivity contribution in [3.63, 3.8) is 0 Å². The number of thiophene rings is 1. The van der Waals surface area contributed by atoms with Crippen molar-refractivity contribution in [1.82, 2.24) is 10.3 Å². The first-order chi connectivity index (χ1) is 9.06. The Labute approximate surface area is 115 Å². The molecule has 2 aromatic heterocycles. The van der Waals surface area contributed by atoms with Gasteiger partial charge in [-0.05, 0) is 38.1 Å². The first-order valence-corrected chi connectivity index (χ1v) is 6.69. The monoisotopic (exact) mass is 274 g/mol. The van der Waals surface area contributed by atoms with Crippen molar-refractivity contribution >= 4 is 23.0 Å². The third kappa shape index (κ3) is 3.48. The summed E-state index contributed by atoms with van der Waals surface area (Å²) >= 11 is 1.21. The van der Waals surface area contributed by atoms with Gasteiger partial charge in [0.05, 0.1) is 22.0 Å². The van der Waals surface area contributed by atoms with E-state index >= 15 is 0 Å². The summed E-state index contributed by atoms with van der Waals surface area (Å²) < 4.78 is 0. The van der Waals surface area contributed by atoms with E-state index in [2.05, 4.69) is 10.3 Å². The molecule has 1 N–H and O–H groups in total. The molecule has 2 aromatic rings. The zero-order valence-corrected chi connectivity index (χ0v) is 11.6. The number of aromatic nitrogens is 1. The average molecular weight is 274 g/mol. The van der Waals surface area contributed by atoms with Crippen molar-refractivity contribution in [1.29, 1.82) is 0 Å². The number of ketones is 1. The van der Waals surface area contributed by atoms with Gasteiger partial charge < -0.3 is 5.32 Å². The highest BCUT2D eigenvalue weighted by molar-refractivity contribution is 7.15. The first kappa shape index (κ1) is 13.4. The summed E-state index contributed by atoms with van der Waals surface area (Å²) in [7, 11) is 0. The normalized spacial score (nSPS) is 10.2. The fourth-order valence-corrected chi connectivity index (χ4v) is 2.42. The van der Waals surface area contributed by atoms with E-state index in [4.69, 9.17) is 0 Å². The van der Waals surface area contributed by atoms with Gasteiger partial charge in [0.1, 0.15) is 0 Å². The smallest absolute Gasteiger partial charge is 0.261 e. The zero-order valence-electron chi connectivity index (χ0n) is 10.8. The number of hydrogen-bond donors (Lipinski definition) is 1. The molecule has 5 heteroatoms. The summed E-state index contributed by atoms with van der Waals surface area (Å²) in [6, 6.07) is 9.02. The number of Topliss-reactive ketones (excluding diaryl/α,β-unsaturated/α-hetero) is 1. The van der Waals surface area contributed by atoms with E-state index in [1.165, 1.54) is 18.3 Å². The molecule has 0 atom stereocenters. The fraction of sp³-hybridized carbons (Fsp3) is 0.214. The van der Waals surface area contributed by atoms with Gasteiger partial charge in [0, 0.05) is 5.69 Å². The van der Waals surface area contributed by atoms with Crippen LogP contribution in [0.1, 0.15) is 37.7 Å². The summed E-state index contributed by atoms with van der Waals surface area (Å²) in [5, 5.41) is 2.79. The van der Waals surface area contributed by atoms with E-state index in [-0.39, 0.29) is 11.7 Å². The Bertz CT molecular complexity index is 619. The van der Waals surface area contributed by atoms with Gasteiger partial charge in [-0.3, -0.25) is 14.6 Å². The second-order valence-electron chi connectivity index (χ2n) is 4.17. The van der Waals surface area contributed by atoms with Crippen LogP contribution in [0.4, 0.5) is 0 Å². The van der Waals surface area contributed by atoms with Crippen molar-refractivity contribution < 1.29 is 9.59 Å². The van der Waals surface area contributed by atoms with Crippen molar-refractivity contribution in [2.75, 3.05) is 0 Å². The van der Waals surface area contributed by atoms with Crippen LogP contribution in [0.5, 0.6) is 0 Å². The van der Waals surface area contributed by atoms with Crippen LogP contribution in [0.15, 0.2) is 30.3 Å². The molecule has 1 amide bonds. The van der Waals surface area contributed by atoms with Crippen LogP contribution < -0.4 is 5.32 Å². The molecule has 2 rings (SSSR count). The minimum absolute atomic E-state index is 0.0237. The number of carbonyl (C=O) groups excluding carboxylic acids is 2. The second kappa shape index (κ2) is 5.75. The van der Waals surface area contributed by atoms with Crippen molar-refractivity contribution in [2.45, 2.75) is 20.4 Å². The molecule has 0 fully saturated rings. The van der Waals surface area contributed by atoms with E-state index in [0.29, 0.717) is 16.3 Å². The lowest BCUT2D eigenvalue weighted by Crippen LogP contribution is -2.22. The zero-order chi connectivity index (χ0) is 13.8. The molecule has 0 spiro atoms. The third-order valence-corrected chi connectivity index (χ3v) is 3.74. The standard InChI is InChI=1S/C14H14N2O2S/c1-9-4-3-5-11(16-9)8-15-14(18)13-7-6-12(19-13)10(2)17/h3-7H,8H2,1-2H3,(H,15,18). The largest absolute Gasteiger partial charge is 0.346 e. The van der Waals surface area contributed by atoms with Crippen LogP contribution in [0.25, 0.3) is 0 Å². The van der Waals surface area contributed by atoms with Crippen LogP contribution in [-0.2, 0) is 6.54 Å². The molecule has 2 heterocycles. The lowest BCUT2D eigenvalue weighted by molar-refractivity contribution is 0.0953. The first-order valence-electron chi connectivity index (χ1n) is 5.88. The van der Waals surface area contributed by atoms with Gasteiger partial charge >= 0.3 is 0 Å². The van der Waals surface area contributed by atoms with E-state index in [1.807, 2.05) is 25.1 Å². The average Bonchev–Trinajstić information content (AvgIpc) is 2.86. The number of rotatable bonds is 4. The van der Waals surface area contributed by atoms with Crippen molar-refractivity contribution in [3.8, 4) is 0 Å². The molecule has 0 aromatic carbocycles. The maximum Gasteiger partial charge on any atom is 0.261 e. The molecule has 4 nitrogen and oxygen atoms in total. The van der Waals surface area contributed by atoms with Crippen LogP contribution in [0, 0.1) is 6.92 Å². The Morgan fingerprint density at radius 1 is 1.21 bits per heavy atom. The molecule has 0 unspecified atom stereocenters. The Morgan fingerprint density at radius 3 is 2.58 bits per heavy atom. The van der Waals surface area contributed by atoms with Crippen LogP contribution in [-0.4, -0.2) is 16.7 Å². The SMILES string of the molecule is CC(=O)c1ccc(C(=O)NCc2cccc(C)n2)s1. The molecule has 0 saturated heterocycles. The summed E-state index contributed by atoms with van der Waals surface area (Å²) in [6.45, 7) is 3.78. The van der Waals surface area contributed by atoms with E-state index < -0.39 is 0 Å². The Morgan fingerprint density at radius 2 is 1.95 bits per heavy atom. The predicted octanol–water partition coefficient (Wildman–Crippen LogP) is 2.58. The minimum Gasteiger partial charge on any atom is -0.346 e. The van der Waals surface area contributed by atoms with Crippen LogP contribution in [0.2, 0.25) is 0 Å². The van der Waals surface area contributed by atoms with Gasteiger partial charge in [-0.2, -0.15) is 0 Å². The highest BCUT2D eigenvalue weighted by atomic mass is 32.1. The van der Waals surface area contributed by atoms with Gasteiger partial charge in [-0.15, -0.1) is 11.3 Å². The van der Waals surface area contributed by atoms with E-state index in [0.717, 1.165) is 11.4 Å². The molecular weight excluding hydrogens is 260 g/mol. The Balaban J connectivity index is 1.99. The lowest BCUT2D eigenvalue weighted by atomic mass is 10.3. The number of nitrogens with one attached hydrogen (secondary N) is 1. The molecule has 0 radical (unpaired) electrons. The fourth-order valence-electron chi connectivity index (χ4n) is 1.61. The third-order valence-electron chi connectivity index (χ3n) is 2.55. The van der Waals surface area contributed by atoms with Gasteiger partial charge in [0.15, 0.2) is 5.78 Å². The molecule has 0 saturated carbocycles. The predicted molar refractivity (Wildman–Crippen MR) is 74.5 cm³/mol. The van der Waals surface area contributed by atoms with Crippen LogP contribution in [0.3, 0.4) is 0 Å². The molecule has 0 aliphatic carbocycles. The summed E-state index contributed by atoms with van der Waals surface area (Å²) in [4.78, 5) is 28.5. The van der Waals surface area contributed by atoms with Gasteiger partial charge in [-0.25, -0.2) is 0 Å². The molecule has 0 aliphatic rings. The Hall–Kier alpha value is -2.01. The van der Waals surface area contributed by atoms with Gasteiger partial charge in [0.25, 0.3) is 5.91 Å². The van der Waals surface area contributed by atoms with Crippen molar-refractivity contribution in [2.24, 2.45) is 0 Å². The molecule has 0 aliphatic heterocycles. The quantitative estimate of drug-likeness (QED) is 0.872. The number of aryl methyl sites for hydroxylation is 1. The van der Waals surface area contributed by atoms with Gasteiger partial charge in [-0.1, -0.05) is 6.07 Å². The van der Waals surface area contributed by atoms with E-state index in [9.17, 15) is 9.59 Å². The number of carbonyl (C=O) groups is 2. The summed E-state index contributed by atoms with van der Waals surface area (Å²) in [5.41, 5.74) is 1.73. The van der Waals surface area contributed by atoms with E-state index in [1.54, 1.807) is 12.1 Å². The number of nitrogens with zero attached hydrogens (tertiary/aromatic N) is 1. The highest BCUT2D eigenvalue weighted by Gasteiger charge is 2.11. The second-order valence-corrected chi connectivity index (χ2v) is 5.26. The summed E-state index contributed by atoms with van der Waals surface area (Å²) in [6.07, 6.45) is 0. The molecular formula is C14H14N2O2S. The maximum atomic E-state index is 11.9. The number of amides is 1.